The van der Waals surface area contributed by atoms with Gasteiger partial charge in [-0.05, 0) is 50.3 Å². The standard InChI is InChI=1S/C22H26N6O3/c1-30-12-8-22(21-24-19(31-27-21)16-3-2-9-23-14-16)6-10-28(11-7-22)20(29)18-13-17(25-26-18)15-4-5-15/h2-3,9,13-15H,4-8,10-12H2,1H3,(H,25,26). The summed E-state index contributed by atoms with van der Waals surface area (Å²) in [6, 6.07) is 5.65. The molecule has 5 rings (SSSR count). The quantitative estimate of drug-likeness (QED) is 0.623. The van der Waals surface area contributed by atoms with Crippen molar-refractivity contribution < 1.29 is 14.1 Å². The van der Waals surface area contributed by atoms with Gasteiger partial charge in [-0.25, -0.2) is 0 Å². The first-order chi connectivity index (χ1) is 15.2. The zero-order valence-corrected chi connectivity index (χ0v) is 17.6. The van der Waals surface area contributed by atoms with Crippen molar-refractivity contribution in [3.05, 3.63) is 47.8 Å². The summed E-state index contributed by atoms with van der Waals surface area (Å²) >= 11 is 0. The second kappa shape index (κ2) is 8.22. The summed E-state index contributed by atoms with van der Waals surface area (Å²) in [5.41, 5.74) is 2.08. The summed E-state index contributed by atoms with van der Waals surface area (Å²) in [6.07, 6.45) is 8.02. The summed E-state index contributed by atoms with van der Waals surface area (Å²) < 4.78 is 10.9. The van der Waals surface area contributed by atoms with Crippen molar-refractivity contribution in [2.45, 2.75) is 43.4 Å². The van der Waals surface area contributed by atoms with E-state index >= 15 is 0 Å². The van der Waals surface area contributed by atoms with Crippen LogP contribution in [0.3, 0.4) is 0 Å². The molecule has 0 spiro atoms. The highest BCUT2D eigenvalue weighted by Gasteiger charge is 2.41. The number of nitrogens with one attached hydrogen (secondary N) is 1. The number of pyridine rings is 1. The molecule has 31 heavy (non-hydrogen) atoms. The molecule has 0 aromatic carbocycles. The number of hydrogen-bond donors (Lipinski definition) is 1. The third kappa shape index (κ3) is 3.97. The normalized spacial score (nSPS) is 18.3. The highest BCUT2D eigenvalue weighted by atomic mass is 16.5. The molecule has 0 bridgehead atoms. The number of methoxy groups -OCH3 is 1. The second-order valence-electron chi connectivity index (χ2n) is 8.46. The van der Waals surface area contributed by atoms with Gasteiger partial charge in [-0.1, -0.05) is 5.16 Å². The van der Waals surface area contributed by atoms with Crippen LogP contribution in [0.2, 0.25) is 0 Å². The van der Waals surface area contributed by atoms with Crippen molar-refractivity contribution in [2.75, 3.05) is 26.8 Å². The third-order valence-electron chi connectivity index (χ3n) is 6.44. The van der Waals surface area contributed by atoms with Crippen molar-refractivity contribution in [1.82, 2.24) is 30.2 Å². The maximum atomic E-state index is 13.0. The monoisotopic (exact) mass is 422 g/mol. The number of nitrogens with zero attached hydrogens (tertiary/aromatic N) is 5. The molecule has 0 atom stereocenters. The topological polar surface area (TPSA) is 110 Å². The van der Waals surface area contributed by atoms with Gasteiger partial charge in [0.05, 0.1) is 5.56 Å². The Morgan fingerprint density at radius 1 is 1.35 bits per heavy atom. The van der Waals surface area contributed by atoms with E-state index in [0.717, 1.165) is 30.5 Å². The van der Waals surface area contributed by atoms with E-state index in [1.165, 1.54) is 12.8 Å². The highest BCUT2D eigenvalue weighted by molar-refractivity contribution is 5.92. The number of H-pyrrole nitrogens is 1. The largest absolute Gasteiger partial charge is 0.385 e. The molecular formula is C22H26N6O3. The number of aromatic amines is 1. The number of piperidine rings is 1. The van der Waals surface area contributed by atoms with Crippen LogP contribution in [-0.2, 0) is 10.2 Å². The molecule has 1 saturated carbocycles. The predicted octanol–water partition coefficient (Wildman–Crippen LogP) is 2.94. The SMILES string of the molecule is COCCC1(c2noc(-c3cccnc3)n2)CCN(C(=O)c2cc(C3CC3)[nH]n2)CC1. The summed E-state index contributed by atoms with van der Waals surface area (Å²) in [6.45, 7) is 1.82. The zero-order chi connectivity index (χ0) is 21.3. The van der Waals surface area contributed by atoms with Crippen molar-refractivity contribution in [2.24, 2.45) is 0 Å². The molecule has 0 unspecified atom stereocenters. The van der Waals surface area contributed by atoms with Gasteiger partial charge in [-0.3, -0.25) is 14.9 Å². The van der Waals surface area contributed by atoms with Gasteiger partial charge in [-0.2, -0.15) is 10.1 Å². The number of aromatic nitrogens is 5. The third-order valence-corrected chi connectivity index (χ3v) is 6.44. The van der Waals surface area contributed by atoms with Crippen LogP contribution < -0.4 is 0 Å². The minimum absolute atomic E-state index is 0.0207. The van der Waals surface area contributed by atoms with Crippen molar-refractivity contribution in [1.29, 1.82) is 0 Å². The molecule has 0 radical (unpaired) electrons. The first kappa shape index (κ1) is 19.9. The van der Waals surface area contributed by atoms with E-state index in [0.29, 0.717) is 43.0 Å². The predicted molar refractivity (Wildman–Crippen MR) is 111 cm³/mol. The second-order valence-corrected chi connectivity index (χ2v) is 8.46. The average molecular weight is 422 g/mol. The van der Waals surface area contributed by atoms with Gasteiger partial charge < -0.3 is 14.2 Å². The Labute approximate surface area is 180 Å². The first-order valence-electron chi connectivity index (χ1n) is 10.8. The van der Waals surface area contributed by atoms with E-state index in [1.54, 1.807) is 19.5 Å². The molecule has 1 aliphatic carbocycles. The summed E-state index contributed by atoms with van der Waals surface area (Å²) in [4.78, 5) is 23.7. The van der Waals surface area contributed by atoms with E-state index in [4.69, 9.17) is 14.2 Å². The molecule has 3 aromatic heterocycles. The molecule has 1 N–H and O–H groups in total. The van der Waals surface area contributed by atoms with Crippen LogP contribution >= 0.6 is 0 Å². The van der Waals surface area contributed by atoms with Crippen molar-refractivity contribution in [3.63, 3.8) is 0 Å². The summed E-state index contributed by atoms with van der Waals surface area (Å²) in [5.74, 6) is 1.66. The lowest BCUT2D eigenvalue weighted by molar-refractivity contribution is 0.0610. The van der Waals surface area contributed by atoms with E-state index in [-0.39, 0.29) is 11.3 Å². The van der Waals surface area contributed by atoms with E-state index in [1.807, 2.05) is 23.1 Å². The number of rotatable bonds is 7. The smallest absolute Gasteiger partial charge is 0.274 e. The molecule has 1 saturated heterocycles. The van der Waals surface area contributed by atoms with Crippen LogP contribution in [-0.4, -0.2) is 62.9 Å². The minimum atomic E-state index is -0.290. The summed E-state index contributed by atoms with van der Waals surface area (Å²) in [5, 5.41) is 11.6. The Morgan fingerprint density at radius 3 is 2.90 bits per heavy atom. The fourth-order valence-electron chi connectivity index (χ4n) is 4.28. The fourth-order valence-corrected chi connectivity index (χ4v) is 4.28. The molecular weight excluding hydrogens is 396 g/mol. The van der Waals surface area contributed by atoms with Crippen LogP contribution in [0.25, 0.3) is 11.5 Å². The lowest BCUT2D eigenvalue weighted by Gasteiger charge is -2.39. The number of ether oxygens (including phenoxy) is 1. The Kier molecular flexibility index (Phi) is 5.27. The number of hydrogen-bond acceptors (Lipinski definition) is 7. The minimum Gasteiger partial charge on any atom is -0.385 e. The Bertz CT molecular complexity index is 1030. The van der Waals surface area contributed by atoms with Crippen LogP contribution in [0.1, 0.15) is 60.0 Å². The highest BCUT2D eigenvalue weighted by Crippen LogP contribution is 2.40. The zero-order valence-electron chi connectivity index (χ0n) is 17.6. The first-order valence-corrected chi connectivity index (χ1v) is 10.8. The Morgan fingerprint density at radius 2 is 2.19 bits per heavy atom. The van der Waals surface area contributed by atoms with E-state index in [9.17, 15) is 4.79 Å². The van der Waals surface area contributed by atoms with Crippen molar-refractivity contribution >= 4 is 5.91 Å². The molecule has 2 aliphatic rings. The van der Waals surface area contributed by atoms with Gasteiger partial charge in [0.2, 0.25) is 0 Å². The van der Waals surface area contributed by atoms with Gasteiger partial charge in [0.15, 0.2) is 5.82 Å². The maximum Gasteiger partial charge on any atom is 0.274 e. The number of amides is 1. The van der Waals surface area contributed by atoms with Gasteiger partial charge in [-0.15, -0.1) is 0 Å². The van der Waals surface area contributed by atoms with Crippen LogP contribution in [0.15, 0.2) is 35.1 Å². The maximum absolute atomic E-state index is 13.0. The van der Waals surface area contributed by atoms with E-state index < -0.39 is 0 Å². The molecule has 1 amide bonds. The van der Waals surface area contributed by atoms with Crippen LogP contribution in [0, 0.1) is 0 Å². The van der Waals surface area contributed by atoms with E-state index in [2.05, 4.69) is 20.3 Å². The van der Waals surface area contributed by atoms with Gasteiger partial charge in [0, 0.05) is 56.2 Å². The average Bonchev–Trinajstić information content (AvgIpc) is 3.34. The van der Waals surface area contributed by atoms with Crippen LogP contribution in [0.5, 0.6) is 0 Å². The van der Waals surface area contributed by atoms with Crippen LogP contribution in [0.4, 0.5) is 0 Å². The Hall–Kier alpha value is -3.07. The lowest BCUT2D eigenvalue weighted by Crippen LogP contribution is -2.46. The number of carbonyl (C=O) groups excluding carboxylic acids is 1. The fraction of sp³-hybridized carbons (Fsp3) is 0.500. The molecule has 162 valence electrons. The molecule has 1 aliphatic heterocycles. The molecule has 3 aromatic rings. The van der Waals surface area contributed by atoms with Gasteiger partial charge in [0.25, 0.3) is 11.8 Å². The number of carbonyl (C=O) groups is 1. The molecule has 2 fully saturated rings. The molecule has 9 heteroatoms. The molecule has 4 heterocycles. The Balaban J connectivity index is 1.32. The van der Waals surface area contributed by atoms with Gasteiger partial charge in [0.1, 0.15) is 5.69 Å². The molecule has 9 nitrogen and oxygen atoms in total. The lowest BCUT2D eigenvalue weighted by atomic mass is 9.75. The van der Waals surface area contributed by atoms with Crippen molar-refractivity contribution in [3.8, 4) is 11.5 Å². The number of likely N-dealkylation sites (tertiary alicyclic amines) is 1. The summed E-state index contributed by atoms with van der Waals surface area (Å²) in [7, 11) is 1.69. The van der Waals surface area contributed by atoms with Gasteiger partial charge >= 0.3 is 0 Å².